The van der Waals surface area contributed by atoms with Crippen molar-refractivity contribution in [3.8, 4) is 5.75 Å². The number of phenolic OH excluding ortho intramolecular Hbond substituents is 1. The Kier molecular flexibility index (Phi) is 7.34. The van der Waals surface area contributed by atoms with E-state index in [2.05, 4.69) is 25.0 Å². The van der Waals surface area contributed by atoms with Crippen molar-refractivity contribution in [2.24, 2.45) is 7.05 Å². The second-order valence-corrected chi connectivity index (χ2v) is 12.2. The zero-order chi connectivity index (χ0) is 26.8. The van der Waals surface area contributed by atoms with Crippen LogP contribution in [0.15, 0.2) is 53.7 Å². The van der Waals surface area contributed by atoms with Gasteiger partial charge in [0.25, 0.3) is 10.0 Å². The van der Waals surface area contributed by atoms with Crippen molar-refractivity contribution < 1.29 is 26.7 Å². The smallest absolute Gasteiger partial charge is 0.282 e. The molecular weight excluding hydrogens is 520 g/mol. The van der Waals surface area contributed by atoms with Gasteiger partial charge in [-0.05, 0) is 30.2 Å². The summed E-state index contributed by atoms with van der Waals surface area (Å²) in [5.41, 5.74) is 2.26. The molecule has 14 heteroatoms. The molecule has 4 aromatic rings. The van der Waals surface area contributed by atoms with E-state index in [9.17, 15) is 21.9 Å². The summed E-state index contributed by atoms with van der Waals surface area (Å²) in [4.78, 5) is 13.0. The first-order chi connectivity index (χ1) is 17.4. The van der Waals surface area contributed by atoms with Gasteiger partial charge >= 0.3 is 0 Å². The summed E-state index contributed by atoms with van der Waals surface area (Å²) in [6.07, 6.45) is 2.79. The van der Waals surface area contributed by atoms with Gasteiger partial charge in [0.1, 0.15) is 17.3 Å². The second-order valence-electron chi connectivity index (χ2n) is 8.40. The molecule has 0 atom stereocenters. The lowest BCUT2D eigenvalue weighted by atomic mass is 10.1. The molecule has 196 valence electrons. The number of sulfonamides is 1. The average Bonchev–Trinajstić information content (AvgIpc) is 3.18. The Morgan fingerprint density at radius 3 is 2.32 bits per heavy atom. The third-order valence-electron chi connectivity index (χ3n) is 5.34. The molecule has 2 aromatic carbocycles. The molecule has 0 unspecified atom stereocenters. The number of anilines is 3. The molecule has 0 aliphatic rings. The topological polar surface area (TPSA) is 165 Å². The van der Waals surface area contributed by atoms with Crippen LogP contribution < -0.4 is 10.0 Å². The second kappa shape index (κ2) is 10.3. The first-order valence-corrected chi connectivity index (χ1v) is 14.6. The molecule has 0 amide bonds. The monoisotopic (exact) mass is 546 g/mol. The van der Waals surface area contributed by atoms with Crippen molar-refractivity contribution in [1.29, 1.82) is 0 Å². The van der Waals surface area contributed by atoms with E-state index in [1.807, 2.05) is 0 Å². The highest BCUT2D eigenvalue weighted by Crippen LogP contribution is 2.30. The molecule has 37 heavy (non-hydrogen) atoms. The number of sulfone groups is 1. The number of nitrogens with zero attached hydrogens (tertiary/aromatic N) is 4. The third-order valence-corrected chi connectivity index (χ3v) is 7.33. The minimum atomic E-state index is -4.28. The number of aromatic hydroxyl groups is 1. The van der Waals surface area contributed by atoms with Crippen LogP contribution in [0, 0.1) is 0 Å². The maximum Gasteiger partial charge on any atom is 0.282 e. The summed E-state index contributed by atoms with van der Waals surface area (Å²) < 4.78 is 58.8. The van der Waals surface area contributed by atoms with Crippen molar-refractivity contribution in [3.05, 3.63) is 60.0 Å². The Labute approximate surface area is 214 Å². The standard InChI is InChI=1S/C23H26N6O6S2/c1-29-13-21(27-20(29)14-36(3,31)32)37(33,34)28-23-22(24-17-6-4-5-7-18(17)25-23)26-19-12-16(30)9-8-15(19)10-11-35-2/h4-9,12-13,30H,10-11,14H2,1-3H3,(H,24,26)(H,25,28). The van der Waals surface area contributed by atoms with E-state index < -0.39 is 25.6 Å². The summed E-state index contributed by atoms with van der Waals surface area (Å²) in [6, 6.07) is 11.7. The van der Waals surface area contributed by atoms with Crippen molar-refractivity contribution in [2.75, 3.05) is 30.0 Å². The maximum absolute atomic E-state index is 13.2. The van der Waals surface area contributed by atoms with E-state index in [0.717, 1.165) is 11.8 Å². The number of ether oxygens (including phenoxy) is 1. The molecule has 0 aliphatic heterocycles. The number of methoxy groups -OCH3 is 1. The number of aromatic nitrogens is 4. The Bertz CT molecular complexity index is 1670. The fraction of sp³-hybridized carbons (Fsp3) is 0.261. The molecule has 0 bridgehead atoms. The first-order valence-electron chi connectivity index (χ1n) is 11.0. The maximum atomic E-state index is 13.2. The molecule has 2 aromatic heterocycles. The largest absolute Gasteiger partial charge is 0.508 e. The van der Waals surface area contributed by atoms with Crippen LogP contribution in [0.5, 0.6) is 5.75 Å². The molecule has 12 nitrogen and oxygen atoms in total. The number of rotatable bonds is 10. The quantitative estimate of drug-likeness (QED) is 0.269. The minimum Gasteiger partial charge on any atom is -0.508 e. The normalized spacial score (nSPS) is 12.1. The summed E-state index contributed by atoms with van der Waals surface area (Å²) in [6.45, 7) is 0.428. The van der Waals surface area contributed by atoms with Gasteiger partial charge < -0.3 is 19.7 Å². The van der Waals surface area contributed by atoms with Crippen molar-refractivity contribution >= 4 is 48.2 Å². The SMILES string of the molecule is COCCc1ccc(O)cc1Nc1nc2ccccc2nc1NS(=O)(=O)c1cn(C)c(CS(C)(=O)=O)n1. The molecule has 0 fully saturated rings. The number of aryl methyl sites for hydroxylation is 1. The van der Waals surface area contributed by atoms with Gasteiger partial charge in [0.2, 0.25) is 0 Å². The van der Waals surface area contributed by atoms with Crippen LogP contribution >= 0.6 is 0 Å². The molecule has 2 heterocycles. The van der Waals surface area contributed by atoms with Gasteiger partial charge in [-0.1, -0.05) is 18.2 Å². The highest BCUT2D eigenvalue weighted by atomic mass is 32.2. The van der Waals surface area contributed by atoms with Crippen LogP contribution in [0.4, 0.5) is 17.3 Å². The predicted molar refractivity (Wildman–Crippen MR) is 139 cm³/mol. The zero-order valence-electron chi connectivity index (χ0n) is 20.3. The van der Waals surface area contributed by atoms with Crippen molar-refractivity contribution in [2.45, 2.75) is 17.2 Å². The fourth-order valence-electron chi connectivity index (χ4n) is 3.55. The fourth-order valence-corrected chi connectivity index (χ4v) is 5.31. The van der Waals surface area contributed by atoms with E-state index in [4.69, 9.17) is 4.74 Å². The molecule has 0 aliphatic carbocycles. The summed E-state index contributed by atoms with van der Waals surface area (Å²) in [5, 5.41) is 12.8. The summed E-state index contributed by atoms with van der Waals surface area (Å²) >= 11 is 0. The van der Waals surface area contributed by atoms with Gasteiger partial charge in [0, 0.05) is 38.4 Å². The van der Waals surface area contributed by atoms with Crippen LogP contribution in [-0.4, -0.2) is 61.4 Å². The lowest BCUT2D eigenvalue weighted by molar-refractivity contribution is 0.202. The summed E-state index contributed by atoms with van der Waals surface area (Å²) in [5.74, 6) is -0.336. The highest BCUT2D eigenvalue weighted by molar-refractivity contribution is 7.92. The molecule has 0 saturated carbocycles. The van der Waals surface area contributed by atoms with E-state index in [1.165, 1.54) is 23.9 Å². The highest BCUT2D eigenvalue weighted by Gasteiger charge is 2.24. The number of imidazole rings is 1. The molecule has 0 saturated heterocycles. The van der Waals surface area contributed by atoms with Gasteiger partial charge in [0.15, 0.2) is 26.5 Å². The number of phenols is 1. The van der Waals surface area contributed by atoms with Crippen LogP contribution in [0.25, 0.3) is 11.0 Å². The number of fused-ring (bicyclic) bond motifs is 1. The van der Waals surface area contributed by atoms with Crippen LogP contribution in [-0.2, 0) is 43.8 Å². The molecule has 0 radical (unpaired) electrons. The lowest BCUT2D eigenvalue weighted by Gasteiger charge is -2.16. The van der Waals surface area contributed by atoms with Gasteiger partial charge in [-0.3, -0.25) is 4.72 Å². The number of nitrogens with one attached hydrogen (secondary N) is 2. The minimum absolute atomic E-state index is 0.00596. The van der Waals surface area contributed by atoms with Crippen molar-refractivity contribution in [1.82, 2.24) is 19.5 Å². The molecule has 3 N–H and O–H groups in total. The van der Waals surface area contributed by atoms with Gasteiger partial charge in [-0.15, -0.1) is 0 Å². The van der Waals surface area contributed by atoms with Gasteiger partial charge in [0.05, 0.1) is 17.6 Å². The molecule has 4 rings (SSSR count). The first kappa shape index (κ1) is 26.3. The Hall–Kier alpha value is -3.75. The lowest BCUT2D eigenvalue weighted by Crippen LogP contribution is -2.17. The number of hydrogen-bond donors (Lipinski definition) is 3. The Balaban J connectivity index is 1.76. The predicted octanol–water partition coefficient (Wildman–Crippen LogP) is 2.35. The van der Waals surface area contributed by atoms with Crippen LogP contribution in [0.2, 0.25) is 0 Å². The van der Waals surface area contributed by atoms with E-state index in [0.29, 0.717) is 29.7 Å². The number of para-hydroxylation sites is 2. The zero-order valence-corrected chi connectivity index (χ0v) is 22.0. The third kappa shape index (κ3) is 6.34. The molecular formula is C23H26N6O6S2. The van der Waals surface area contributed by atoms with Gasteiger partial charge in [-0.2, -0.15) is 8.42 Å². The number of hydrogen-bond acceptors (Lipinski definition) is 10. The van der Waals surface area contributed by atoms with E-state index in [-0.39, 0.29) is 28.2 Å². The van der Waals surface area contributed by atoms with Crippen molar-refractivity contribution in [3.63, 3.8) is 0 Å². The summed E-state index contributed by atoms with van der Waals surface area (Å²) in [7, 11) is -4.62. The molecule has 0 spiro atoms. The van der Waals surface area contributed by atoms with Gasteiger partial charge in [-0.25, -0.2) is 23.4 Å². The number of benzene rings is 2. The van der Waals surface area contributed by atoms with Crippen LogP contribution in [0.3, 0.4) is 0 Å². The van der Waals surface area contributed by atoms with Crippen LogP contribution in [0.1, 0.15) is 11.4 Å². The Morgan fingerprint density at radius 1 is 1.00 bits per heavy atom. The average molecular weight is 547 g/mol. The van der Waals surface area contributed by atoms with E-state index in [1.54, 1.807) is 43.5 Å². The Morgan fingerprint density at radius 2 is 1.68 bits per heavy atom. The van der Waals surface area contributed by atoms with E-state index >= 15 is 0 Å².